The number of carbonyl (C=O) groups excluding carboxylic acids is 1. The topological polar surface area (TPSA) is 84.6 Å². The number of amides is 1. The first-order valence-electron chi connectivity index (χ1n) is 6.56. The summed E-state index contributed by atoms with van der Waals surface area (Å²) < 4.78 is 5.16. The molecule has 4 N–H and O–H groups in total. The van der Waals surface area contributed by atoms with E-state index in [4.69, 9.17) is 10.5 Å². The highest BCUT2D eigenvalue weighted by Crippen LogP contribution is 2.24. The Hall–Kier alpha value is -2.53. The van der Waals surface area contributed by atoms with Gasteiger partial charge in [-0.3, -0.25) is 4.79 Å². The molecule has 1 unspecified atom stereocenters. The average Bonchev–Trinajstić information content (AvgIpc) is 2.47. The van der Waals surface area contributed by atoms with Gasteiger partial charge in [0.25, 0.3) is 0 Å². The number of nitrogens with one attached hydrogen (secondary N) is 1. The van der Waals surface area contributed by atoms with Crippen molar-refractivity contribution in [1.29, 1.82) is 0 Å². The number of carbonyl (C=O) groups is 1. The number of benzene rings is 2. The Morgan fingerprint density at radius 3 is 2.76 bits per heavy atom. The number of nitrogens with two attached hydrogens (primary N) is 1. The summed E-state index contributed by atoms with van der Waals surface area (Å²) in [5.41, 5.74) is 7.40. The van der Waals surface area contributed by atoms with Crippen LogP contribution in [0.1, 0.15) is 18.1 Å². The van der Waals surface area contributed by atoms with Crippen LogP contribution in [0.2, 0.25) is 0 Å². The zero-order valence-electron chi connectivity index (χ0n) is 11.7. The number of aliphatic hydroxyl groups is 1. The molecule has 0 spiro atoms. The van der Waals surface area contributed by atoms with Crippen molar-refractivity contribution in [3.63, 3.8) is 0 Å². The standard InChI is InChI=1S/C16H18N2O3/c1-21-15-8-3-2-7-13(15)18-16(20)10-14(19)11-5-4-6-12(17)9-11/h2-9,14,19H,10,17H2,1H3,(H,18,20). The molecule has 2 aromatic carbocycles. The number of hydrogen-bond acceptors (Lipinski definition) is 4. The highest BCUT2D eigenvalue weighted by molar-refractivity contribution is 5.92. The van der Waals surface area contributed by atoms with Crippen molar-refractivity contribution in [2.24, 2.45) is 0 Å². The van der Waals surface area contributed by atoms with Gasteiger partial charge >= 0.3 is 0 Å². The van der Waals surface area contributed by atoms with Crippen molar-refractivity contribution in [2.75, 3.05) is 18.2 Å². The van der Waals surface area contributed by atoms with Gasteiger partial charge < -0.3 is 20.9 Å². The third-order valence-corrected chi connectivity index (χ3v) is 3.06. The van der Waals surface area contributed by atoms with E-state index in [0.29, 0.717) is 22.7 Å². The van der Waals surface area contributed by atoms with Gasteiger partial charge in [0.05, 0.1) is 25.3 Å². The van der Waals surface area contributed by atoms with Crippen LogP contribution in [-0.4, -0.2) is 18.1 Å². The van der Waals surface area contributed by atoms with E-state index in [9.17, 15) is 9.90 Å². The van der Waals surface area contributed by atoms with Crippen molar-refractivity contribution in [3.05, 3.63) is 54.1 Å². The Morgan fingerprint density at radius 1 is 1.29 bits per heavy atom. The van der Waals surface area contributed by atoms with E-state index in [1.807, 2.05) is 6.07 Å². The normalized spacial score (nSPS) is 11.7. The zero-order valence-corrected chi connectivity index (χ0v) is 11.7. The van der Waals surface area contributed by atoms with Gasteiger partial charge in [-0.15, -0.1) is 0 Å². The molecule has 0 aliphatic rings. The number of anilines is 2. The summed E-state index contributed by atoms with van der Waals surface area (Å²) in [5, 5.41) is 12.8. The third-order valence-electron chi connectivity index (χ3n) is 3.06. The fourth-order valence-corrected chi connectivity index (χ4v) is 2.01. The lowest BCUT2D eigenvalue weighted by Crippen LogP contribution is -2.16. The van der Waals surface area contributed by atoms with Gasteiger partial charge in [-0.1, -0.05) is 24.3 Å². The molecule has 1 amide bonds. The van der Waals surface area contributed by atoms with E-state index in [2.05, 4.69) is 5.32 Å². The molecule has 21 heavy (non-hydrogen) atoms. The Balaban J connectivity index is 2.01. The predicted molar refractivity (Wildman–Crippen MR) is 82.1 cm³/mol. The van der Waals surface area contributed by atoms with Crippen molar-refractivity contribution < 1.29 is 14.6 Å². The van der Waals surface area contributed by atoms with E-state index in [-0.39, 0.29) is 12.3 Å². The monoisotopic (exact) mass is 286 g/mol. The van der Waals surface area contributed by atoms with Crippen molar-refractivity contribution in [3.8, 4) is 5.75 Å². The summed E-state index contributed by atoms with van der Waals surface area (Å²) in [5.74, 6) is 0.277. The fraction of sp³-hybridized carbons (Fsp3) is 0.188. The molecular formula is C16H18N2O3. The number of para-hydroxylation sites is 2. The number of methoxy groups -OCH3 is 1. The molecule has 1 atom stereocenters. The molecule has 0 saturated carbocycles. The molecule has 0 saturated heterocycles. The van der Waals surface area contributed by atoms with Gasteiger partial charge in [0.2, 0.25) is 5.91 Å². The maximum atomic E-state index is 12.0. The van der Waals surface area contributed by atoms with Crippen LogP contribution in [0, 0.1) is 0 Å². The number of nitrogen functional groups attached to an aromatic ring is 1. The summed E-state index contributed by atoms with van der Waals surface area (Å²) in [7, 11) is 1.53. The van der Waals surface area contributed by atoms with Crippen LogP contribution in [0.25, 0.3) is 0 Å². The largest absolute Gasteiger partial charge is 0.495 e. The molecule has 0 aliphatic carbocycles. The smallest absolute Gasteiger partial charge is 0.227 e. The highest BCUT2D eigenvalue weighted by Gasteiger charge is 2.14. The van der Waals surface area contributed by atoms with Gasteiger partial charge in [-0.2, -0.15) is 0 Å². The molecule has 0 heterocycles. The van der Waals surface area contributed by atoms with Crippen LogP contribution in [0.5, 0.6) is 5.75 Å². The van der Waals surface area contributed by atoms with Crippen molar-refractivity contribution >= 4 is 17.3 Å². The summed E-state index contributed by atoms with van der Waals surface area (Å²) in [6, 6.07) is 14.0. The number of hydrogen-bond donors (Lipinski definition) is 3. The van der Waals surface area contributed by atoms with Gasteiger partial charge in [0.1, 0.15) is 5.75 Å². The van der Waals surface area contributed by atoms with Crippen LogP contribution in [0.4, 0.5) is 11.4 Å². The van der Waals surface area contributed by atoms with E-state index in [0.717, 1.165) is 0 Å². The second-order valence-corrected chi connectivity index (χ2v) is 4.64. The lowest BCUT2D eigenvalue weighted by atomic mass is 10.1. The van der Waals surface area contributed by atoms with Gasteiger partial charge in [0.15, 0.2) is 0 Å². The molecule has 0 aliphatic heterocycles. The van der Waals surface area contributed by atoms with Crippen LogP contribution >= 0.6 is 0 Å². The minimum absolute atomic E-state index is 0.0541. The summed E-state index contributed by atoms with van der Waals surface area (Å²) in [6.45, 7) is 0. The van der Waals surface area contributed by atoms with Gasteiger partial charge in [-0.25, -0.2) is 0 Å². The first kappa shape index (κ1) is 14.9. The van der Waals surface area contributed by atoms with E-state index in [1.54, 1.807) is 42.5 Å². The predicted octanol–water partition coefficient (Wildman–Crippen LogP) is 2.34. The Bertz CT molecular complexity index is 628. The summed E-state index contributed by atoms with van der Waals surface area (Å²) >= 11 is 0. The van der Waals surface area contributed by atoms with E-state index >= 15 is 0 Å². The quantitative estimate of drug-likeness (QED) is 0.737. The fourth-order valence-electron chi connectivity index (χ4n) is 2.01. The van der Waals surface area contributed by atoms with Crippen molar-refractivity contribution in [1.82, 2.24) is 0 Å². The molecule has 0 bridgehead atoms. The molecule has 0 fully saturated rings. The molecule has 5 heteroatoms. The molecule has 2 aromatic rings. The molecule has 5 nitrogen and oxygen atoms in total. The third kappa shape index (κ3) is 3.97. The first-order valence-corrected chi connectivity index (χ1v) is 6.56. The van der Waals surface area contributed by atoms with E-state index in [1.165, 1.54) is 7.11 Å². The highest BCUT2D eigenvalue weighted by atomic mass is 16.5. The first-order chi connectivity index (χ1) is 10.1. The van der Waals surface area contributed by atoms with Crippen LogP contribution in [-0.2, 0) is 4.79 Å². The minimum atomic E-state index is -0.900. The second kappa shape index (κ2) is 6.76. The Kier molecular flexibility index (Phi) is 4.79. The minimum Gasteiger partial charge on any atom is -0.495 e. The zero-order chi connectivity index (χ0) is 15.2. The van der Waals surface area contributed by atoms with Crippen LogP contribution in [0.15, 0.2) is 48.5 Å². The Morgan fingerprint density at radius 2 is 2.05 bits per heavy atom. The molecule has 0 radical (unpaired) electrons. The molecule has 110 valence electrons. The van der Waals surface area contributed by atoms with Crippen molar-refractivity contribution in [2.45, 2.75) is 12.5 Å². The molecular weight excluding hydrogens is 268 g/mol. The van der Waals surface area contributed by atoms with Gasteiger partial charge in [-0.05, 0) is 29.8 Å². The lowest BCUT2D eigenvalue weighted by molar-refractivity contribution is -0.118. The Labute approximate surface area is 123 Å². The summed E-state index contributed by atoms with van der Waals surface area (Å²) in [4.78, 5) is 12.0. The van der Waals surface area contributed by atoms with Crippen LogP contribution < -0.4 is 15.8 Å². The number of aliphatic hydroxyl groups excluding tert-OH is 1. The maximum absolute atomic E-state index is 12.0. The summed E-state index contributed by atoms with van der Waals surface area (Å²) in [6.07, 6.45) is -0.954. The molecule has 2 rings (SSSR count). The maximum Gasteiger partial charge on any atom is 0.227 e. The lowest BCUT2D eigenvalue weighted by Gasteiger charge is -2.13. The van der Waals surface area contributed by atoms with Crippen LogP contribution in [0.3, 0.4) is 0 Å². The average molecular weight is 286 g/mol. The number of ether oxygens (including phenoxy) is 1. The van der Waals surface area contributed by atoms with Gasteiger partial charge in [0, 0.05) is 5.69 Å². The SMILES string of the molecule is COc1ccccc1NC(=O)CC(O)c1cccc(N)c1. The number of rotatable bonds is 5. The second-order valence-electron chi connectivity index (χ2n) is 4.64. The van der Waals surface area contributed by atoms with E-state index < -0.39 is 6.10 Å². The molecule has 0 aromatic heterocycles.